The lowest BCUT2D eigenvalue weighted by molar-refractivity contribution is -0.141. The minimum absolute atomic E-state index is 0.101. The average Bonchev–Trinajstić information content (AvgIpc) is 2.77. The number of hydrogen-bond acceptors (Lipinski definition) is 5. The van der Waals surface area contributed by atoms with Crippen LogP contribution in [0.15, 0.2) is 6.07 Å². The van der Waals surface area contributed by atoms with Crippen LogP contribution in [0.3, 0.4) is 0 Å². The van der Waals surface area contributed by atoms with Gasteiger partial charge in [-0.3, -0.25) is 0 Å². The Bertz CT molecular complexity index is 419. The fourth-order valence-corrected chi connectivity index (χ4v) is 1.62. The van der Waals surface area contributed by atoms with Crippen LogP contribution in [0.1, 0.15) is 18.5 Å². The van der Waals surface area contributed by atoms with Gasteiger partial charge in [-0.1, -0.05) is 0 Å². The number of halogens is 3. The molecule has 1 aliphatic rings. The first-order valence-electron chi connectivity index (χ1n) is 5.41. The fourth-order valence-electron chi connectivity index (χ4n) is 1.62. The molecule has 1 aromatic heterocycles. The monoisotopic (exact) mass is 263 g/mol. The molecule has 1 aromatic rings. The van der Waals surface area contributed by atoms with E-state index in [1.807, 2.05) is 0 Å². The van der Waals surface area contributed by atoms with Crippen molar-refractivity contribution < 1.29 is 22.6 Å². The molecule has 1 aliphatic heterocycles. The SMILES string of the molecule is Nc1nc(OCC2CCCO2)cc(C(F)(F)F)n1. The summed E-state index contributed by atoms with van der Waals surface area (Å²) in [7, 11) is 0. The Labute approximate surface area is 101 Å². The first-order valence-corrected chi connectivity index (χ1v) is 5.41. The summed E-state index contributed by atoms with van der Waals surface area (Å²) >= 11 is 0. The topological polar surface area (TPSA) is 70.3 Å². The zero-order valence-corrected chi connectivity index (χ0v) is 9.41. The molecule has 18 heavy (non-hydrogen) atoms. The van der Waals surface area contributed by atoms with Crippen molar-refractivity contribution in [3.63, 3.8) is 0 Å². The molecule has 0 bridgehead atoms. The van der Waals surface area contributed by atoms with E-state index in [9.17, 15) is 13.2 Å². The molecule has 0 saturated carbocycles. The van der Waals surface area contributed by atoms with Gasteiger partial charge in [0, 0.05) is 12.7 Å². The third kappa shape index (κ3) is 3.22. The molecule has 100 valence electrons. The molecule has 0 aliphatic carbocycles. The minimum atomic E-state index is -4.57. The zero-order chi connectivity index (χ0) is 13.2. The van der Waals surface area contributed by atoms with Crippen LogP contribution in [0.25, 0.3) is 0 Å². The van der Waals surface area contributed by atoms with Gasteiger partial charge in [0.2, 0.25) is 11.8 Å². The van der Waals surface area contributed by atoms with Gasteiger partial charge in [0.05, 0.1) is 6.10 Å². The van der Waals surface area contributed by atoms with Crippen molar-refractivity contribution in [3.8, 4) is 5.88 Å². The number of anilines is 1. The van der Waals surface area contributed by atoms with Gasteiger partial charge in [-0.15, -0.1) is 0 Å². The maximum atomic E-state index is 12.5. The molecule has 1 saturated heterocycles. The fraction of sp³-hybridized carbons (Fsp3) is 0.600. The number of nitrogen functional groups attached to an aromatic ring is 1. The normalized spacial score (nSPS) is 20.1. The molecule has 2 heterocycles. The summed E-state index contributed by atoms with van der Waals surface area (Å²) in [5, 5.41) is 0. The summed E-state index contributed by atoms with van der Waals surface area (Å²) in [6.07, 6.45) is -2.92. The zero-order valence-electron chi connectivity index (χ0n) is 9.41. The summed E-state index contributed by atoms with van der Waals surface area (Å²) < 4.78 is 47.8. The van der Waals surface area contributed by atoms with Gasteiger partial charge in [-0.05, 0) is 12.8 Å². The third-order valence-corrected chi connectivity index (χ3v) is 2.45. The van der Waals surface area contributed by atoms with Crippen molar-refractivity contribution in [2.24, 2.45) is 0 Å². The maximum Gasteiger partial charge on any atom is 0.433 e. The van der Waals surface area contributed by atoms with Gasteiger partial charge in [0.1, 0.15) is 6.61 Å². The number of aromatic nitrogens is 2. The molecule has 0 radical (unpaired) electrons. The number of nitrogens with two attached hydrogens (primary N) is 1. The van der Waals surface area contributed by atoms with Crippen molar-refractivity contribution in [2.75, 3.05) is 18.9 Å². The molecule has 1 atom stereocenters. The predicted molar refractivity (Wildman–Crippen MR) is 55.9 cm³/mol. The van der Waals surface area contributed by atoms with Crippen molar-refractivity contribution in [1.82, 2.24) is 9.97 Å². The second-order valence-electron chi connectivity index (χ2n) is 3.89. The second kappa shape index (κ2) is 4.97. The van der Waals surface area contributed by atoms with Gasteiger partial charge < -0.3 is 15.2 Å². The van der Waals surface area contributed by atoms with E-state index in [0.29, 0.717) is 6.61 Å². The van der Waals surface area contributed by atoms with E-state index in [1.165, 1.54) is 0 Å². The predicted octanol–water partition coefficient (Wildman–Crippen LogP) is 1.64. The lowest BCUT2D eigenvalue weighted by Crippen LogP contribution is -2.18. The molecule has 1 fully saturated rings. The van der Waals surface area contributed by atoms with Crippen molar-refractivity contribution in [3.05, 3.63) is 11.8 Å². The molecule has 1 unspecified atom stereocenters. The van der Waals surface area contributed by atoms with Crippen LogP contribution >= 0.6 is 0 Å². The van der Waals surface area contributed by atoms with Gasteiger partial charge in [0.15, 0.2) is 5.69 Å². The van der Waals surface area contributed by atoms with Crippen molar-refractivity contribution >= 4 is 5.95 Å². The highest BCUT2D eigenvalue weighted by atomic mass is 19.4. The number of rotatable bonds is 3. The van der Waals surface area contributed by atoms with Gasteiger partial charge in [0.25, 0.3) is 0 Å². The maximum absolute atomic E-state index is 12.5. The Morgan fingerprint density at radius 1 is 1.44 bits per heavy atom. The molecule has 0 amide bonds. The summed E-state index contributed by atoms with van der Waals surface area (Å²) in [4.78, 5) is 6.71. The lowest BCUT2D eigenvalue weighted by atomic mass is 10.2. The van der Waals surface area contributed by atoms with Crippen LogP contribution in [0.2, 0.25) is 0 Å². The number of nitrogens with zero attached hydrogens (tertiary/aromatic N) is 2. The van der Waals surface area contributed by atoms with Crippen LogP contribution in [0.4, 0.5) is 19.1 Å². The van der Waals surface area contributed by atoms with Crippen LogP contribution in [0, 0.1) is 0 Å². The average molecular weight is 263 g/mol. The largest absolute Gasteiger partial charge is 0.475 e. The molecular weight excluding hydrogens is 251 g/mol. The highest BCUT2D eigenvalue weighted by molar-refractivity contribution is 5.27. The van der Waals surface area contributed by atoms with Gasteiger partial charge in [-0.2, -0.15) is 18.2 Å². The molecule has 0 aromatic carbocycles. The third-order valence-electron chi connectivity index (χ3n) is 2.45. The molecule has 2 rings (SSSR count). The minimum Gasteiger partial charge on any atom is -0.475 e. The van der Waals surface area contributed by atoms with E-state index < -0.39 is 17.8 Å². The van der Waals surface area contributed by atoms with Crippen molar-refractivity contribution in [1.29, 1.82) is 0 Å². The highest BCUT2D eigenvalue weighted by Gasteiger charge is 2.34. The first-order chi connectivity index (χ1) is 8.45. The summed E-state index contributed by atoms with van der Waals surface area (Å²) in [5.41, 5.74) is 4.09. The van der Waals surface area contributed by atoms with E-state index in [0.717, 1.165) is 18.9 Å². The standard InChI is InChI=1S/C10H12F3N3O2/c11-10(12,13)7-4-8(16-9(14)15-7)18-5-6-2-1-3-17-6/h4,6H,1-3,5H2,(H2,14,15,16). The van der Waals surface area contributed by atoms with E-state index in [4.69, 9.17) is 15.2 Å². The van der Waals surface area contributed by atoms with Gasteiger partial charge in [-0.25, -0.2) is 4.98 Å². The van der Waals surface area contributed by atoms with Crippen molar-refractivity contribution in [2.45, 2.75) is 25.1 Å². The van der Waals surface area contributed by atoms with E-state index in [2.05, 4.69) is 9.97 Å². The van der Waals surface area contributed by atoms with E-state index in [1.54, 1.807) is 0 Å². The quantitative estimate of drug-likeness (QED) is 0.897. The van der Waals surface area contributed by atoms with Crippen LogP contribution < -0.4 is 10.5 Å². The summed E-state index contributed by atoms with van der Waals surface area (Å²) in [6.45, 7) is 0.807. The molecule has 0 spiro atoms. The van der Waals surface area contributed by atoms with Crippen LogP contribution in [0.5, 0.6) is 5.88 Å². The highest BCUT2D eigenvalue weighted by Crippen LogP contribution is 2.29. The Kier molecular flexibility index (Phi) is 3.55. The Morgan fingerprint density at radius 2 is 2.22 bits per heavy atom. The Balaban J connectivity index is 2.05. The van der Waals surface area contributed by atoms with E-state index in [-0.39, 0.29) is 18.6 Å². The van der Waals surface area contributed by atoms with Crippen LogP contribution in [-0.2, 0) is 10.9 Å². The lowest BCUT2D eigenvalue weighted by Gasteiger charge is -2.12. The van der Waals surface area contributed by atoms with E-state index >= 15 is 0 Å². The van der Waals surface area contributed by atoms with Gasteiger partial charge >= 0.3 is 6.18 Å². The second-order valence-corrected chi connectivity index (χ2v) is 3.89. The van der Waals surface area contributed by atoms with Crippen LogP contribution in [-0.4, -0.2) is 29.3 Å². The first kappa shape index (κ1) is 12.9. The molecule has 5 nitrogen and oxygen atoms in total. The Morgan fingerprint density at radius 3 is 2.83 bits per heavy atom. The molecular formula is C10H12F3N3O2. The molecule has 2 N–H and O–H groups in total. The summed E-state index contributed by atoms with van der Waals surface area (Å²) in [5.74, 6) is -0.655. The summed E-state index contributed by atoms with van der Waals surface area (Å²) in [6, 6.07) is 0.727. The Hall–Kier alpha value is -1.57. The number of alkyl halides is 3. The number of ether oxygens (including phenoxy) is 2. The molecule has 8 heteroatoms. The number of hydrogen-bond donors (Lipinski definition) is 1. The smallest absolute Gasteiger partial charge is 0.433 e.